The molecule has 0 fully saturated rings. The Bertz CT molecular complexity index is 855. The van der Waals surface area contributed by atoms with Crippen LogP contribution in [0.3, 0.4) is 0 Å². The molecule has 1 aromatic carbocycles. The number of esters is 1. The molecule has 3 aromatic rings. The third kappa shape index (κ3) is 2.70. The number of hydrogen-bond acceptors (Lipinski definition) is 3. The second-order valence-corrected chi connectivity index (χ2v) is 5.52. The SMILES string of the molecule is Cc1[nH]c2ccc(C(=O)OCc3cccnc3Cl)cc2c1C. The second kappa shape index (κ2) is 5.81. The molecule has 4 nitrogen and oxygen atoms in total. The fourth-order valence-corrected chi connectivity index (χ4v) is 2.52. The molecule has 112 valence electrons. The molecule has 0 aliphatic rings. The van der Waals surface area contributed by atoms with Gasteiger partial charge in [-0.1, -0.05) is 17.7 Å². The van der Waals surface area contributed by atoms with Crippen LogP contribution in [0.5, 0.6) is 0 Å². The van der Waals surface area contributed by atoms with Crippen molar-refractivity contribution < 1.29 is 9.53 Å². The van der Waals surface area contributed by atoms with Gasteiger partial charge in [-0.3, -0.25) is 0 Å². The number of carbonyl (C=O) groups excluding carboxylic acids is 1. The van der Waals surface area contributed by atoms with E-state index >= 15 is 0 Å². The van der Waals surface area contributed by atoms with Crippen molar-refractivity contribution in [2.75, 3.05) is 0 Å². The molecular formula is C17H15ClN2O2. The van der Waals surface area contributed by atoms with E-state index in [0.29, 0.717) is 16.3 Å². The molecule has 2 heterocycles. The normalized spacial score (nSPS) is 10.9. The molecule has 0 amide bonds. The summed E-state index contributed by atoms with van der Waals surface area (Å²) in [6, 6.07) is 9.04. The highest BCUT2D eigenvalue weighted by atomic mass is 35.5. The van der Waals surface area contributed by atoms with Gasteiger partial charge in [0.1, 0.15) is 11.8 Å². The molecule has 2 aromatic heterocycles. The molecule has 5 heteroatoms. The number of fused-ring (bicyclic) bond motifs is 1. The number of nitrogens with one attached hydrogen (secondary N) is 1. The Morgan fingerprint density at radius 1 is 1.32 bits per heavy atom. The van der Waals surface area contributed by atoms with E-state index in [0.717, 1.165) is 22.2 Å². The van der Waals surface area contributed by atoms with Gasteiger partial charge in [0.25, 0.3) is 0 Å². The Morgan fingerprint density at radius 3 is 2.91 bits per heavy atom. The monoisotopic (exact) mass is 314 g/mol. The maximum absolute atomic E-state index is 12.2. The maximum atomic E-state index is 12.2. The van der Waals surface area contributed by atoms with Crippen molar-refractivity contribution in [1.82, 2.24) is 9.97 Å². The first kappa shape index (κ1) is 14.6. The summed E-state index contributed by atoms with van der Waals surface area (Å²) in [6.07, 6.45) is 1.60. The number of nitrogens with zero attached hydrogens (tertiary/aromatic N) is 1. The molecule has 0 aliphatic carbocycles. The average molecular weight is 315 g/mol. The van der Waals surface area contributed by atoms with Gasteiger partial charge in [-0.05, 0) is 43.7 Å². The van der Waals surface area contributed by atoms with Crippen LogP contribution in [-0.2, 0) is 11.3 Å². The van der Waals surface area contributed by atoms with Gasteiger partial charge in [-0.15, -0.1) is 0 Å². The molecule has 0 spiro atoms. The Morgan fingerprint density at radius 2 is 2.14 bits per heavy atom. The lowest BCUT2D eigenvalue weighted by Crippen LogP contribution is -2.05. The molecule has 0 radical (unpaired) electrons. The van der Waals surface area contributed by atoms with Gasteiger partial charge in [0.2, 0.25) is 0 Å². The number of H-pyrrole nitrogens is 1. The van der Waals surface area contributed by atoms with Crippen LogP contribution in [0.2, 0.25) is 5.15 Å². The van der Waals surface area contributed by atoms with Crippen molar-refractivity contribution in [3.63, 3.8) is 0 Å². The van der Waals surface area contributed by atoms with E-state index in [4.69, 9.17) is 16.3 Å². The van der Waals surface area contributed by atoms with E-state index in [1.165, 1.54) is 0 Å². The van der Waals surface area contributed by atoms with Gasteiger partial charge in [0.15, 0.2) is 0 Å². The number of aromatic nitrogens is 2. The number of rotatable bonds is 3. The van der Waals surface area contributed by atoms with Crippen LogP contribution in [0.25, 0.3) is 10.9 Å². The number of aromatic amines is 1. The van der Waals surface area contributed by atoms with Crippen molar-refractivity contribution in [2.45, 2.75) is 20.5 Å². The zero-order chi connectivity index (χ0) is 15.7. The van der Waals surface area contributed by atoms with Crippen LogP contribution in [0.4, 0.5) is 0 Å². The third-order valence-corrected chi connectivity index (χ3v) is 4.08. The van der Waals surface area contributed by atoms with Crippen LogP contribution in [0.15, 0.2) is 36.5 Å². The molecule has 0 saturated carbocycles. The van der Waals surface area contributed by atoms with Crippen molar-refractivity contribution in [3.05, 3.63) is 64.1 Å². The zero-order valence-corrected chi connectivity index (χ0v) is 13.1. The minimum absolute atomic E-state index is 0.106. The van der Waals surface area contributed by atoms with Crippen LogP contribution in [-0.4, -0.2) is 15.9 Å². The number of carbonyl (C=O) groups is 1. The van der Waals surface area contributed by atoms with Gasteiger partial charge in [-0.2, -0.15) is 0 Å². The van der Waals surface area contributed by atoms with E-state index in [9.17, 15) is 4.79 Å². The van der Waals surface area contributed by atoms with Crippen LogP contribution in [0, 0.1) is 13.8 Å². The highest BCUT2D eigenvalue weighted by molar-refractivity contribution is 6.30. The first-order valence-electron chi connectivity index (χ1n) is 6.91. The van der Waals surface area contributed by atoms with Crippen molar-refractivity contribution in [1.29, 1.82) is 0 Å². The fraction of sp³-hybridized carbons (Fsp3) is 0.176. The van der Waals surface area contributed by atoms with Gasteiger partial charge in [0, 0.05) is 28.4 Å². The van der Waals surface area contributed by atoms with Gasteiger partial charge >= 0.3 is 5.97 Å². The number of aryl methyl sites for hydroxylation is 2. The lowest BCUT2D eigenvalue weighted by molar-refractivity contribution is 0.0473. The van der Waals surface area contributed by atoms with Crippen LogP contribution >= 0.6 is 11.6 Å². The lowest BCUT2D eigenvalue weighted by Gasteiger charge is -2.06. The van der Waals surface area contributed by atoms with Crippen molar-refractivity contribution in [3.8, 4) is 0 Å². The molecule has 0 saturated heterocycles. The molecule has 0 aliphatic heterocycles. The smallest absolute Gasteiger partial charge is 0.338 e. The van der Waals surface area contributed by atoms with E-state index < -0.39 is 0 Å². The van der Waals surface area contributed by atoms with Crippen LogP contribution in [0.1, 0.15) is 27.2 Å². The Kier molecular flexibility index (Phi) is 3.86. The first-order chi connectivity index (χ1) is 10.6. The standard InChI is InChI=1S/C17H15ClN2O2/c1-10-11(2)20-15-6-5-12(8-14(10)15)17(21)22-9-13-4-3-7-19-16(13)18/h3-8,20H,9H2,1-2H3. The summed E-state index contributed by atoms with van der Waals surface area (Å²) in [6.45, 7) is 4.14. The van der Waals surface area contributed by atoms with Gasteiger partial charge in [0.05, 0.1) is 5.56 Å². The fourth-order valence-electron chi connectivity index (χ4n) is 2.34. The predicted octanol–water partition coefficient (Wildman–Crippen LogP) is 4.19. The summed E-state index contributed by atoms with van der Waals surface area (Å²) >= 11 is 5.95. The number of pyridine rings is 1. The first-order valence-corrected chi connectivity index (χ1v) is 7.29. The summed E-state index contributed by atoms with van der Waals surface area (Å²) in [5.41, 5.74) is 4.46. The lowest BCUT2D eigenvalue weighted by atomic mass is 10.1. The molecule has 0 atom stereocenters. The molecular weight excluding hydrogens is 300 g/mol. The summed E-state index contributed by atoms with van der Waals surface area (Å²) in [7, 11) is 0. The molecule has 3 rings (SSSR count). The molecule has 22 heavy (non-hydrogen) atoms. The number of benzene rings is 1. The second-order valence-electron chi connectivity index (χ2n) is 5.16. The average Bonchev–Trinajstić information content (AvgIpc) is 2.81. The van der Waals surface area contributed by atoms with Gasteiger partial charge < -0.3 is 9.72 Å². The zero-order valence-electron chi connectivity index (χ0n) is 12.3. The quantitative estimate of drug-likeness (QED) is 0.582. The summed E-state index contributed by atoms with van der Waals surface area (Å²) in [4.78, 5) is 19.4. The predicted molar refractivity (Wildman–Crippen MR) is 86.1 cm³/mol. The minimum atomic E-state index is -0.375. The Balaban J connectivity index is 1.80. The molecule has 1 N–H and O–H groups in total. The highest BCUT2D eigenvalue weighted by Gasteiger charge is 2.12. The van der Waals surface area contributed by atoms with Crippen molar-refractivity contribution >= 4 is 28.5 Å². The highest BCUT2D eigenvalue weighted by Crippen LogP contribution is 2.23. The van der Waals surface area contributed by atoms with Crippen LogP contribution < -0.4 is 0 Å². The molecule has 0 unspecified atom stereocenters. The molecule has 0 bridgehead atoms. The van der Waals surface area contributed by atoms with E-state index in [2.05, 4.69) is 9.97 Å². The summed E-state index contributed by atoms with van der Waals surface area (Å²) in [5, 5.41) is 1.38. The Labute approximate surface area is 133 Å². The number of halogens is 1. The number of ether oxygens (including phenoxy) is 1. The summed E-state index contributed by atoms with van der Waals surface area (Å²) in [5.74, 6) is -0.375. The topological polar surface area (TPSA) is 55.0 Å². The third-order valence-electron chi connectivity index (χ3n) is 3.74. The number of hydrogen-bond donors (Lipinski definition) is 1. The van der Waals surface area contributed by atoms with Crippen molar-refractivity contribution in [2.24, 2.45) is 0 Å². The summed E-state index contributed by atoms with van der Waals surface area (Å²) < 4.78 is 5.32. The largest absolute Gasteiger partial charge is 0.457 e. The minimum Gasteiger partial charge on any atom is -0.457 e. The Hall–Kier alpha value is -2.33. The van der Waals surface area contributed by atoms with E-state index in [1.54, 1.807) is 24.4 Å². The maximum Gasteiger partial charge on any atom is 0.338 e. The van der Waals surface area contributed by atoms with E-state index in [-0.39, 0.29) is 12.6 Å². The van der Waals surface area contributed by atoms with Gasteiger partial charge in [-0.25, -0.2) is 9.78 Å². The van der Waals surface area contributed by atoms with E-state index in [1.807, 2.05) is 26.0 Å².